The fourth-order valence-electron chi connectivity index (χ4n) is 1.41. The number of aromatic nitrogens is 2. The van der Waals surface area contributed by atoms with Gasteiger partial charge in [-0.1, -0.05) is 0 Å². The van der Waals surface area contributed by atoms with E-state index in [1.54, 1.807) is 0 Å². The zero-order valence-corrected chi connectivity index (χ0v) is 7.68. The molecule has 8 heteroatoms. The smallest absolute Gasteiger partial charge is 0.294 e. The lowest BCUT2D eigenvalue weighted by atomic mass is 10.4. The van der Waals surface area contributed by atoms with Gasteiger partial charge in [0.05, 0.1) is 4.92 Å². The molecule has 0 saturated carbocycles. The summed E-state index contributed by atoms with van der Waals surface area (Å²) in [6, 6.07) is 0. The number of hydrogen-bond acceptors (Lipinski definition) is 5. The van der Waals surface area contributed by atoms with Crippen LogP contribution in [0.4, 0.5) is 11.6 Å². The van der Waals surface area contributed by atoms with Crippen LogP contribution in [0.15, 0.2) is 4.79 Å². The predicted octanol–water partition coefficient (Wildman–Crippen LogP) is -0.588. The molecular formula is C7H6N4O4. The number of rotatable bonds is 1. The van der Waals surface area contributed by atoms with E-state index in [0.29, 0.717) is 0 Å². The summed E-state index contributed by atoms with van der Waals surface area (Å²) in [7, 11) is 0. The van der Waals surface area contributed by atoms with E-state index >= 15 is 0 Å². The quantitative estimate of drug-likeness (QED) is 0.492. The van der Waals surface area contributed by atoms with Gasteiger partial charge in [-0.3, -0.25) is 29.6 Å². The number of hydrogen-bond donors (Lipinski definition) is 1. The van der Waals surface area contributed by atoms with E-state index in [4.69, 9.17) is 0 Å². The van der Waals surface area contributed by atoms with Crippen LogP contribution in [-0.4, -0.2) is 20.4 Å². The van der Waals surface area contributed by atoms with Crippen molar-refractivity contribution in [1.82, 2.24) is 9.55 Å². The summed E-state index contributed by atoms with van der Waals surface area (Å²) in [5, 5.41) is 12.9. The standard InChI is InChI=1S/C7H6N4O4/c1-3-5(11(14)15)6(13)10-2-4(12)9-7(10)8-3/h2H2,1H3,(H,8,9,12). The minimum Gasteiger partial charge on any atom is -0.294 e. The van der Waals surface area contributed by atoms with Crippen LogP contribution in [0, 0.1) is 17.0 Å². The predicted molar refractivity (Wildman–Crippen MR) is 48.5 cm³/mol. The Labute approximate surface area is 82.7 Å². The van der Waals surface area contributed by atoms with Crippen molar-refractivity contribution >= 4 is 17.5 Å². The van der Waals surface area contributed by atoms with E-state index in [1.165, 1.54) is 6.92 Å². The van der Waals surface area contributed by atoms with Crippen molar-refractivity contribution in [3.8, 4) is 0 Å². The van der Waals surface area contributed by atoms with Crippen molar-refractivity contribution in [2.45, 2.75) is 13.5 Å². The Balaban J connectivity index is 2.74. The average molecular weight is 210 g/mol. The van der Waals surface area contributed by atoms with E-state index in [9.17, 15) is 19.7 Å². The lowest BCUT2D eigenvalue weighted by Gasteiger charge is -2.01. The molecule has 0 aliphatic carbocycles. The number of carbonyl (C=O) groups excluding carboxylic acids is 1. The van der Waals surface area contributed by atoms with E-state index in [2.05, 4.69) is 10.3 Å². The molecule has 1 aromatic rings. The topological polar surface area (TPSA) is 107 Å². The SMILES string of the molecule is Cc1nc2n(c(=O)c1[N+](=O)[O-])CC(=O)N2. The highest BCUT2D eigenvalue weighted by Gasteiger charge is 2.28. The molecule has 2 heterocycles. The van der Waals surface area contributed by atoms with Gasteiger partial charge in [0.25, 0.3) is 0 Å². The van der Waals surface area contributed by atoms with Crippen LogP contribution < -0.4 is 10.9 Å². The second kappa shape index (κ2) is 2.87. The Morgan fingerprint density at radius 1 is 1.53 bits per heavy atom. The third-order valence-corrected chi connectivity index (χ3v) is 2.06. The number of fused-ring (bicyclic) bond motifs is 1. The van der Waals surface area contributed by atoms with Gasteiger partial charge in [0.2, 0.25) is 11.9 Å². The van der Waals surface area contributed by atoms with Crippen molar-refractivity contribution in [3.63, 3.8) is 0 Å². The number of nitro groups is 1. The van der Waals surface area contributed by atoms with Gasteiger partial charge in [0.1, 0.15) is 12.2 Å². The molecule has 0 fully saturated rings. The van der Waals surface area contributed by atoms with Crippen molar-refractivity contribution in [3.05, 3.63) is 26.2 Å². The van der Waals surface area contributed by atoms with Crippen LogP contribution in [0.2, 0.25) is 0 Å². The second-order valence-electron chi connectivity index (χ2n) is 3.07. The maximum Gasteiger partial charge on any atom is 0.355 e. The van der Waals surface area contributed by atoms with Crippen LogP contribution >= 0.6 is 0 Å². The first-order chi connectivity index (χ1) is 7.00. The van der Waals surface area contributed by atoms with E-state index in [-0.39, 0.29) is 18.2 Å². The molecule has 1 aliphatic heterocycles. The Morgan fingerprint density at radius 2 is 2.20 bits per heavy atom. The molecular weight excluding hydrogens is 204 g/mol. The monoisotopic (exact) mass is 210 g/mol. The fourth-order valence-corrected chi connectivity index (χ4v) is 1.41. The highest BCUT2D eigenvalue weighted by molar-refractivity contribution is 5.92. The minimum atomic E-state index is -0.805. The lowest BCUT2D eigenvalue weighted by Crippen LogP contribution is -2.23. The van der Waals surface area contributed by atoms with Crippen LogP contribution in [0.1, 0.15) is 5.69 Å². The highest BCUT2D eigenvalue weighted by Crippen LogP contribution is 2.15. The van der Waals surface area contributed by atoms with Crippen LogP contribution in [0.5, 0.6) is 0 Å². The van der Waals surface area contributed by atoms with Crippen LogP contribution in [-0.2, 0) is 11.3 Å². The summed E-state index contributed by atoms with van der Waals surface area (Å²) in [6.45, 7) is 1.13. The molecule has 0 unspecified atom stereocenters. The molecule has 1 aliphatic rings. The first kappa shape index (κ1) is 9.31. The van der Waals surface area contributed by atoms with E-state index in [1.807, 2.05) is 0 Å². The maximum atomic E-state index is 11.6. The number of amides is 1. The molecule has 1 N–H and O–H groups in total. The van der Waals surface area contributed by atoms with E-state index in [0.717, 1.165) is 4.57 Å². The number of nitrogens with one attached hydrogen (secondary N) is 1. The molecule has 0 spiro atoms. The first-order valence-corrected chi connectivity index (χ1v) is 4.06. The normalized spacial score (nSPS) is 13.5. The Kier molecular flexibility index (Phi) is 1.78. The summed E-state index contributed by atoms with van der Waals surface area (Å²) in [6.07, 6.45) is 0. The van der Waals surface area contributed by atoms with Crippen molar-refractivity contribution < 1.29 is 9.72 Å². The summed E-state index contributed by atoms with van der Waals surface area (Å²) in [4.78, 5) is 36.1. The molecule has 0 saturated heterocycles. The lowest BCUT2D eigenvalue weighted by molar-refractivity contribution is -0.387. The maximum absolute atomic E-state index is 11.6. The first-order valence-electron chi connectivity index (χ1n) is 4.06. The summed E-state index contributed by atoms with van der Waals surface area (Å²) >= 11 is 0. The van der Waals surface area contributed by atoms with Gasteiger partial charge in [-0.25, -0.2) is 4.98 Å². The molecule has 15 heavy (non-hydrogen) atoms. The van der Waals surface area contributed by atoms with Gasteiger partial charge in [-0.15, -0.1) is 0 Å². The molecule has 8 nitrogen and oxygen atoms in total. The minimum absolute atomic E-state index is 0.00144. The molecule has 1 amide bonds. The molecule has 78 valence electrons. The van der Waals surface area contributed by atoms with Gasteiger partial charge in [-0.2, -0.15) is 0 Å². The molecule has 0 bridgehead atoms. The molecule has 0 atom stereocenters. The second-order valence-corrected chi connectivity index (χ2v) is 3.07. The number of carbonyl (C=O) groups is 1. The van der Waals surface area contributed by atoms with E-state index < -0.39 is 22.1 Å². The van der Waals surface area contributed by atoms with Crippen molar-refractivity contribution in [1.29, 1.82) is 0 Å². The Bertz CT molecular complexity index is 533. The molecule has 0 radical (unpaired) electrons. The summed E-state index contributed by atoms with van der Waals surface area (Å²) in [5.41, 5.74) is -1.39. The third-order valence-electron chi connectivity index (χ3n) is 2.06. The van der Waals surface area contributed by atoms with Crippen molar-refractivity contribution in [2.75, 3.05) is 5.32 Å². The average Bonchev–Trinajstić information content (AvgIpc) is 2.45. The van der Waals surface area contributed by atoms with Crippen molar-refractivity contribution in [2.24, 2.45) is 0 Å². The Morgan fingerprint density at radius 3 is 2.80 bits per heavy atom. The number of aryl methyl sites for hydroxylation is 1. The van der Waals surface area contributed by atoms with Gasteiger partial charge in [0.15, 0.2) is 0 Å². The summed E-state index contributed by atoms with van der Waals surface area (Å²) in [5.74, 6) is -0.340. The van der Waals surface area contributed by atoms with Crippen LogP contribution in [0.3, 0.4) is 0 Å². The number of anilines is 1. The fraction of sp³-hybridized carbons (Fsp3) is 0.286. The molecule has 2 rings (SSSR count). The Hall–Kier alpha value is -2.25. The van der Waals surface area contributed by atoms with Gasteiger partial charge in [0, 0.05) is 0 Å². The summed E-state index contributed by atoms with van der Waals surface area (Å²) < 4.78 is 0.952. The van der Waals surface area contributed by atoms with Gasteiger partial charge in [-0.05, 0) is 6.92 Å². The number of nitrogens with zero attached hydrogens (tertiary/aromatic N) is 3. The highest BCUT2D eigenvalue weighted by atomic mass is 16.6. The van der Waals surface area contributed by atoms with Gasteiger partial charge >= 0.3 is 11.2 Å². The third kappa shape index (κ3) is 1.26. The molecule has 1 aromatic heterocycles. The van der Waals surface area contributed by atoms with Gasteiger partial charge < -0.3 is 0 Å². The zero-order valence-electron chi connectivity index (χ0n) is 7.68. The largest absolute Gasteiger partial charge is 0.355 e. The van der Waals surface area contributed by atoms with Crippen LogP contribution in [0.25, 0.3) is 0 Å². The zero-order chi connectivity index (χ0) is 11.2. The molecule has 0 aromatic carbocycles.